The van der Waals surface area contributed by atoms with E-state index >= 15 is 0 Å². The first-order valence-electron chi connectivity index (χ1n) is 4.96. The van der Waals surface area contributed by atoms with Gasteiger partial charge in [-0.1, -0.05) is 0 Å². The lowest BCUT2D eigenvalue weighted by molar-refractivity contribution is -0.0501. The van der Waals surface area contributed by atoms with E-state index < -0.39 is 21.5 Å². The maximum absolute atomic E-state index is 12.2. The number of aromatic nitrogens is 2. The summed E-state index contributed by atoms with van der Waals surface area (Å²) in [6.45, 7) is 1.05. The molecule has 10 heteroatoms. The van der Waals surface area contributed by atoms with Gasteiger partial charge in [0.15, 0.2) is 0 Å². The summed E-state index contributed by atoms with van der Waals surface area (Å²) in [7, 11) is -3.83. The van der Waals surface area contributed by atoms with Crippen LogP contribution in [0.4, 0.5) is 13.2 Å². The van der Waals surface area contributed by atoms with Gasteiger partial charge in [-0.25, -0.2) is 0 Å². The largest absolute Gasteiger partial charge is 0.534 e. The summed E-state index contributed by atoms with van der Waals surface area (Å²) in [5.74, 6) is -0.518. The standard InChI is InChI=1S/C8H10F3N3O3S/c1-14-3-2-5-6(4-14)12-13-7(5)17-18(15,16)8(9,10)11/h2-4H2,1H3,(H,12,13). The Kier molecular flexibility index (Phi) is 3.01. The van der Waals surface area contributed by atoms with Gasteiger partial charge in [0.25, 0.3) is 5.88 Å². The predicted octanol–water partition coefficient (Wildman–Crippen LogP) is 0.626. The van der Waals surface area contributed by atoms with Crippen molar-refractivity contribution in [2.45, 2.75) is 18.5 Å². The quantitative estimate of drug-likeness (QED) is 0.637. The van der Waals surface area contributed by atoms with E-state index in [1.807, 2.05) is 11.9 Å². The Morgan fingerprint density at radius 1 is 1.44 bits per heavy atom. The monoisotopic (exact) mass is 285 g/mol. The SMILES string of the molecule is CN1CCc2c(OS(=O)(=O)C(F)(F)F)n[nH]c2C1. The van der Waals surface area contributed by atoms with Gasteiger partial charge in [0.2, 0.25) is 0 Å². The van der Waals surface area contributed by atoms with Crippen molar-refractivity contribution in [2.24, 2.45) is 0 Å². The van der Waals surface area contributed by atoms with Crippen molar-refractivity contribution in [3.63, 3.8) is 0 Å². The number of hydrogen-bond donors (Lipinski definition) is 1. The number of alkyl halides is 3. The molecular weight excluding hydrogens is 275 g/mol. The lowest BCUT2D eigenvalue weighted by Gasteiger charge is -2.21. The van der Waals surface area contributed by atoms with Crippen LogP contribution in [-0.4, -0.2) is 42.6 Å². The highest BCUT2D eigenvalue weighted by Crippen LogP contribution is 2.30. The van der Waals surface area contributed by atoms with Crippen LogP contribution in [0.3, 0.4) is 0 Å². The molecule has 18 heavy (non-hydrogen) atoms. The van der Waals surface area contributed by atoms with Gasteiger partial charge < -0.3 is 9.08 Å². The molecule has 1 N–H and O–H groups in total. The van der Waals surface area contributed by atoms with Gasteiger partial charge in [0.05, 0.1) is 5.69 Å². The fraction of sp³-hybridized carbons (Fsp3) is 0.625. The van der Waals surface area contributed by atoms with Crippen LogP contribution in [0.5, 0.6) is 5.88 Å². The number of hydrogen-bond acceptors (Lipinski definition) is 5. The second-order valence-corrected chi connectivity index (χ2v) is 5.49. The third-order valence-electron chi connectivity index (χ3n) is 2.56. The minimum Gasteiger partial charge on any atom is -0.353 e. The number of nitrogens with one attached hydrogen (secondary N) is 1. The third kappa shape index (κ3) is 2.29. The van der Waals surface area contributed by atoms with Gasteiger partial charge >= 0.3 is 15.6 Å². The van der Waals surface area contributed by atoms with Crippen LogP contribution in [0.2, 0.25) is 0 Å². The van der Waals surface area contributed by atoms with Gasteiger partial charge in [-0.2, -0.15) is 21.6 Å². The zero-order valence-electron chi connectivity index (χ0n) is 9.28. The van der Waals surface area contributed by atoms with Crippen molar-refractivity contribution in [3.05, 3.63) is 11.3 Å². The van der Waals surface area contributed by atoms with E-state index in [1.54, 1.807) is 0 Å². The lowest BCUT2D eigenvalue weighted by Crippen LogP contribution is -2.29. The molecule has 1 aliphatic rings. The third-order valence-corrected chi connectivity index (χ3v) is 3.50. The van der Waals surface area contributed by atoms with Crippen molar-refractivity contribution in [2.75, 3.05) is 13.6 Å². The predicted molar refractivity (Wildman–Crippen MR) is 54.2 cm³/mol. The van der Waals surface area contributed by atoms with Crippen molar-refractivity contribution < 1.29 is 25.8 Å². The van der Waals surface area contributed by atoms with Crippen LogP contribution in [0.15, 0.2) is 0 Å². The summed E-state index contributed by atoms with van der Waals surface area (Å²) in [4.78, 5) is 1.92. The highest BCUT2D eigenvalue weighted by Gasteiger charge is 2.49. The van der Waals surface area contributed by atoms with Crippen molar-refractivity contribution in [1.29, 1.82) is 0 Å². The summed E-state index contributed by atoms with van der Waals surface area (Å²) in [5.41, 5.74) is -4.51. The highest BCUT2D eigenvalue weighted by molar-refractivity contribution is 7.87. The maximum Gasteiger partial charge on any atom is 0.534 e. The second-order valence-electron chi connectivity index (χ2n) is 3.96. The molecule has 0 saturated carbocycles. The van der Waals surface area contributed by atoms with Gasteiger partial charge in [0, 0.05) is 18.7 Å². The molecule has 102 valence electrons. The van der Waals surface area contributed by atoms with E-state index in [0.717, 1.165) is 0 Å². The molecule has 6 nitrogen and oxygen atoms in total. The molecule has 0 unspecified atom stereocenters. The smallest absolute Gasteiger partial charge is 0.353 e. The van der Waals surface area contributed by atoms with E-state index in [1.165, 1.54) is 0 Å². The molecule has 0 spiro atoms. The molecule has 1 aromatic heterocycles. The zero-order chi connectivity index (χ0) is 13.6. The number of nitrogens with zero attached hydrogens (tertiary/aromatic N) is 2. The molecule has 1 aliphatic heterocycles. The Bertz CT molecular complexity index is 552. The van der Waals surface area contributed by atoms with Crippen LogP contribution >= 0.6 is 0 Å². The summed E-state index contributed by atoms with van der Waals surface area (Å²) < 4.78 is 62.2. The summed E-state index contributed by atoms with van der Waals surface area (Å²) in [5, 5.41) is 5.96. The molecule has 2 rings (SSSR count). The minimum absolute atomic E-state index is 0.376. The summed E-state index contributed by atoms with van der Waals surface area (Å²) in [6, 6.07) is 0. The molecule has 0 bridgehead atoms. The number of fused-ring (bicyclic) bond motifs is 1. The van der Waals surface area contributed by atoms with E-state index in [-0.39, 0.29) is 0 Å². The van der Waals surface area contributed by atoms with Gasteiger partial charge in [-0.3, -0.25) is 5.10 Å². The molecule has 1 aromatic rings. The first kappa shape index (κ1) is 13.1. The number of rotatable bonds is 2. The first-order chi connectivity index (χ1) is 8.21. The molecule has 0 aromatic carbocycles. The fourth-order valence-electron chi connectivity index (χ4n) is 1.64. The Morgan fingerprint density at radius 3 is 2.72 bits per heavy atom. The summed E-state index contributed by atoms with van der Waals surface area (Å²) >= 11 is 0. The Labute approximate surface area is 101 Å². The van der Waals surface area contributed by atoms with Crippen LogP contribution in [0.1, 0.15) is 11.3 Å². The molecule has 0 fully saturated rings. The van der Waals surface area contributed by atoms with Crippen molar-refractivity contribution >= 4 is 10.1 Å². The van der Waals surface area contributed by atoms with Gasteiger partial charge in [-0.05, 0) is 13.5 Å². The van der Waals surface area contributed by atoms with Crippen LogP contribution < -0.4 is 4.18 Å². The van der Waals surface area contributed by atoms with E-state index in [9.17, 15) is 21.6 Å². The van der Waals surface area contributed by atoms with Crippen molar-refractivity contribution in [1.82, 2.24) is 15.1 Å². The van der Waals surface area contributed by atoms with E-state index in [4.69, 9.17) is 0 Å². The number of H-pyrrole nitrogens is 1. The Morgan fingerprint density at radius 2 is 2.11 bits per heavy atom. The molecule has 0 amide bonds. The average Bonchev–Trinajstić information content (AvgIpc) is 2.58. The fourth-order valence-corrected chi connectivity index (χ4v) is 2.08. The number of likely N-dealkylation sites (N-methyl/N-ethyl adjacent to an activating group) is 1. The van der Waals surface area contributed by atoms with E-state index in [2.05, 4.69) is 14.4 Å². The molecule has 2 heterocycles. The lowest BCUT2D eigenvalue weighted by atomic mass is 10.1. The first-order valence-corrected chi connectivity index (χ1v) is 6.37. The number of aromatic amines is 1. The second kappa shape index (κ2) is 4.12. The van der Waals surface area contributed by atoms with Crippen molar-refractivity contribution in [3.8, 4) is 5.88 Å². The van der Waals surface area contributed by atoms with Gasteiger partial charge in [-0.15, -0.1) is 5.10 Å². The van der Waals surface area contributed by atoms with Crippen LogP contribution in [-0.2, 0) is 23.1 Å². The molecule has 0 saturated heterocycles. The van der Waals surface area contributed by atoms with Crippen LogP contribution in [0.25, 0.3) is 0 Å². The zero-order valence-corrected chi connectivity index (χ0v) is 10.1. The normalized spacial score (nSPS) is 17.6. The molecule has 0 atom stereocenters. The Hall–Kier alpha value is -1.29. The Balaban J connectivity index is 2.27. The van der Waals surface area contributed by atoms with E-state index in [0.29, 0.717) is 30.8 Å². The van der Waals surface area contributed by atoms with Crippen LogP contribution in [0, 0.1) is 0 Å². The molecular formula is C8H10F3N3O3S. The molecule has 0 radical (unpaired) electrons. The topological polar surface area (TPSA) is 75.3 Å². The summed E-state index contributed by atoms with van der Waals surface area (Å²) in [6.07, 6.45) is 0.380. The highest BCUT2D eigenvalue weighted by atomic mass is 32.2. The number of halogens is 3. The molecule has 0 aliphatic carbocycles. The average molecular weight is 285 g/mol. The van der Waals surface area contributed by atoms with Gasteiger partial charge in [0.1, 0.15) is 0 Å². The minimum atomic E-state index is -5.66. The maximum atomic E-state index is 12.2.